The number of aryl methyl sites for hydroxylation is 1. The van der Waals surface area contributed by atoms with Gasteiger partial charge in [-0.25, -0.2) is 9.07 Å². The molecule has 6 nitrogen and oxygen atoms in total. The van der Waals surface area contributed by atoms with Crippen molar-refractivity contribution in [2.75, 3.05) is 0 Å². The fourth-order valence-electron chi connectivity index (χ4n) is 2.95. The average Bonchev–Trinajstić information content (AvgIpc) is 3.12. The monoisotopic (exact) mass is 380 g/mol. The molecule has 2 amide bonds. The zero-order valence-corrected chi connectivity index (χ0v) is 15.9. The second kappa shape index (κ2) is 8.04. The van der Waals surface area contributed by atoms with Crippen LogP contribution in [0.25, 0.3) is 5.69 Å². The van der Waals surface area contributed by atoms with Gasteiger partial charge in [0, 0.05) is 5.56 Å². The van der Waals surface area contributed by atoms with Crippen LogP contribution in [0.3, 0.4) is 0 Å². The average molecular weight is 380 g/mol. The van der Waals surface area contributed by atoms with Gasteiger partial charge in [0.25, 0.3) is 11.8 Å². The van der Waals surface area contributed by atoms with E-state index >= 15 is 0 Å². The van der Waals surface area contributed by atoms with Crippen molar-refractivity contribution in [3.05, 3.63) is 82.9 Å². The lowest BCUT2D eigenvalue weighted by atomic mass is 10.1. The molecular formula is C21H21FN4O2. The summed E-state index contributed by atoms with van der Waals surface area (Å²) < 4.78 is 14.8. The van der Waals surface area contributed by atoms with Gasteiger partial charge in [-0.1, -0.05) is 32.0 Å². The molecule has 0 aliphatic carbocycles. The summed E-state index contributed by atoms with van der Waals surface area (Å²) in [6, 6.07) is 13.0. The van der Waals surface area contributed by atoms with Gasteiger partial charge in [0.2, 0.25) is 0 Å². The van der Waals surface area contributed by atoms with Gasteiger partial charge in [-0.05, 0) is 48.7 Å². The lowest BCUT2D eigenvalue weighted by molar-refractivity contribution is 0.0845. The van der Waals surface area contributed by atoms with Crippen molar-refractivity contribution in [2.45, 2.75) is 26.7 Å². The smallest absolute Gasteiger partial charge is 0.267 e. The Kier molecular flexibility index (Phi) is 5.54. The molecule has 0 spiro atoms. The number of rotatable bonds is 4. The van der Waals surface area contributed by atoms with E-state index in [9.17, 15) is 14.0 Å². The van der Waals surface area contributed by atoms with E-state index < -0.39 is 11.8 Å². The first-order valence-electron chi connectivity index (χ1n) is 8.88. The van der Waals surface area contributed by atoms with Crippen molar-refractivity contribution in [3.8, 4) is 5.69 Å². The number of aromatic nitrogens is 2. The van der Waals surface area contributed by atoms with Crippen LogP contribution in [0.2, 0.25) is 0 Å². The lowest BCUT2D eigenvalue weighted by Crippen LogP contribution is -2.42. The van der Waals surface area contributed by atoms with Gasteiger partial charge < -0.3 is 0 Å². The van der Waals surface area contributed by atoms with Crippen molar-refractivity contribution in [1.29, 1.82) is 0 Å². The molecule has 3 rings (SSSR count). The summed E-state index contributed by atoms with van der Waals surface area (Å²) in [5.41, 5.74) is 7.81. The minimum Gasteiger partial charge on any atom is -0.267 e. The molecule has 2 aromatic carbocycles. The number of halogens is 1. The van der Waals surface area contributed by atoms with Crippen LogP contribution >= 0.6 is 0 Å². The van der Waals surface area contributed by atoms with Crippen molar-refractivity contribution in [3.63, 3.8) is 0 Å². The maximum Gasteiger partial charge on any atom is 0.273 e. The summed E-state index contributed by atoms with van der Waals surface area (Å²) in [4.78, 5) is 24.9. The number of carbonyl (C=O) groups is 2. The van der Waals surface area contributed by atoms with Crippen LogP contribution in [0.5, 0.6) is 0 Å². The Hall–Kier alpha value is -3.48. The van der Waals surface area contributed by atoms with Crippen LogP contribution in [0.15, 0.2) is 54.7 Å². The first kappa shape index (κ1) is 19.3. The second-order valence-electron chi connectivity index (χ2n) is 6.71. The third kappa shape index (κ3) is 3.93. The summed E-state index contributed by atoms with van der Waals surface area (Å²) in [5.74, 6) is -1.25. The molecule has 0 aliphatic heterocycles. The van der Waals surface area contributed by atoms with E-state index in [-0.39, 0.29) is 11.7 Å². The minimum atomic E-state index is -0.473. The second-order valence-corrected chi connectivity index (χ2v) is 6.71. The maximum absolute atomic E-state index is 13.2. The Labute approximate surface area is 162 Å². The normalized spacial score (nSPS) is 10.8. The van der Waals surface area contributed by atoms with Crippen molar-refractivity contribution in [1.82, 2.24) is 20.6 Å². The van der Waals surface area contributed by atoms with Gasteiger partial charge in [-0.15, -0.1) is 0 Å². The fraction of sp³-hybridized carbons (Fsp3) is 0.190. The first-order valence-corrected chi connectivity index (χ1v) is 8.88. The van der Waals surface area contributed by atoms with Crippen molar-refractivity contribution in [2.24, 2.45) is 0 Å². The van der Waals surface area contributed by atoms with Crippen molar-refractivity contribution < 1.29 is 14.0 Å². The Balaban J connectivity index is 1.81. The molecule has 7 heteroatoms. The predicted octanol–water partition coefficient (Wildman–Crippen LogP) is 3.52. The van der Waals surface area contributed by atoms with Crippen LogP contribution in [-0.4, -0.2) is 21.6 Å². The third-order valence-electron chi connectivity index (χ3n) is 4.35. The Morgan fingerprint density at radius 3 is 2.18 bits per heavy atom. The number of carbonyl (C=O) groups excluding carboxylic acids is 2. The molecule has 0 unspecified atom stereocenters. The Morgan fingerprint density at radius 1 is 0.964 bits per heavy atom. The van der Waals surface area contributed by atoms with Gasteiger partial charge in [-0.3, -0.25) is 20.4 Å². The molecular weight excluding hydrogens is 359 g/mol. The maximum atomic E-state index is 13.2. The Morgan fingerprint density at radius 2 is 1.57 bits per heavy atom. The van der Waals surface area contributed by atoms with Crippen LogP contribution < -0.4 is 10.9 Å². The molecule has 0 saturated carbocycles. The van der Waals surface area contributed by atoms with Gasteiger partial charge in [0.05, 0.1) is 23.1 Å². The van der Waals surface area contributed by atoms with Gasteiger partial charge in [0.15, 0.2) is 0 Å². The first-order chi connectivity index (χ1) is 13.4. The Bertz CT molecular complexity index is 1010. The van der Waals surface area contributed by atoms with Crippen LogP contribution in [0.4, 0.5) is 4.39 Å². The van der Waals surface area contributed by atoms with Gasteiger partial charge in [-0.2, -0.15) is 5.10 Å². The summed E-state index contributed by atoms with van der Waals surface area (Å²) in [6.45, 7) is 5.68. The van der Waals surface area contributed by atoms with Gasteiger partial charge >= 0.3 is 0 Å². The van der Waals surface area contributed by atoms with E-state index in [2.05, 4.69) is 16.0 Å². The molecule has 28 heavy (non-hydrogen) atoms. The predicted molar refractivity (Wildman–Crippen MR) is 104 cm³/mol. The molecule has 3 aromatic rings. The number of benzene rings is 2. The highest BCUT2D eigenvalue weighted by molar-refractivity contribution is 6.00. The summed E-state index contributed by atoms with van der Waals surface area (Å²) in [7, 11) is 0. The number of nitrogens with zero attached hydrogens (tertiary/aromatic N) is 2. The molecule has 144 valence electrons. The molecule has 0 aliphatic rings. The number of hydrazine groups is 1. The van der Waals surface area contributed by atoms with E-state index in [0.717, 1.165) is 5.56 Å². The molecule has 0 bridgehead atoms. The van der Waals surface area contributed by atoms with E-state index in [1.807, 2.05) is 32.9 Å². The molecule has 0 saturated heterocycles. The van der Waals surface area contributed by atoms with Crippen LogP contribution in [-0.2, 0) is 0 Å². The standard InChI is InChI=1S/C21H21FN4O2/c1-13(2)19-18(12-23-26(19)16-10-8-15(22)9-11-16)21(28)25-24-20(27)17-7-5-4-6-14(17)3/h4-13H,1-3H3,(H,24,27)(H,25,28). The highest BCUT2D eigenvalue weighted by atomic mass is 19.1. The van der Waals surface area contributed by atoms with Crippen LogP contribution in [0.1, 0.15) is 51.7 Å². The summed E-state index contributed by atoms with van der Waals surface area (Å²) >= 11 is 0. The summed E-state index contributed by atoms with van der Waals surface area (Å²) in [5, 5.41) is 4.28. The number of hydrogen-bond acceptors (Lipinski definition) is 3. The number of hydrogen-bond donors (Lipinski definition) is 2. The highest BCUT2D eigenvalue weighted by Crippen LogP contribution is 2.23. The van der Waals surface area contributed by atoms with E-state index in [4.69, 9.17) is 0 Å². The molecule has 1 heterocycles. The van der Waals surface area contributed by atoms with Crippen molar-refractivity contribution >= 4 is 11.8 Å². The molecule has 0 radical (unpaired) electrons. The quantitative estimate of drug-likeness (QED) is 0.680. The molecule has 0 fully saturated rings. The van der Waals surface area contributed by atoms with E-state index in [1.165, 1.54) is 18.3 Å². The fourth-order valence-corrected chi connectivity index (χ4v) is 2.95. The zero-order valence-electron chi connectivity index (χ0n) is 15.9. The lowest BCUT2D eigenvalue weighted by Gasteiger charge is -2.13. The third-order valence-corrected chi connectivity index (χ3v) is 4.35. The number of nitrogens with one attached hydrogen (secondary N) is 2. The van der Waals surface area contributed by atoms with Gasteiger partial charge in [0.1, 0.15) is 5.82 Å². The molecule has 0 atom stereocenters. The SMILES string of the molecule is Cc1ccccc1C(=O)NNC(=O)c1cnn(-c2ccc(F)cc2)c1C(C)C. The zero-order chi connectivity index (χ0) is 20.3. The minimum absolute atomic E-state index is 0.0274. The van der Waals surface area contributed by atoms with Crippen LogP contribution in [0, 0.1) is 12.7 Å². The summed E-state index contributed by atoms with van der Waals surface area (Å²) in [6.07, 6.45) is 1.44. The van der Waals surface area contributed by atoms with E-state index in [0.29, 0.717) is 22.5 Å². The van der Waals surface area contributed by atoms with E-state index in [1.54, 1.807) is 28.9 Å². The highest BCUT2D eigenvalue weighted by Gasteiger charge is 2.21. The number of amides is 2. The topological polar surface area (TPSA) is 76.0 Å². The molecule has 1 aromatic heterocycles. The largest absolute Gasteiger partial charge is 0.273 e. The molecule has 2 N–H and O–H groups in total.